The minimum Gasteiger partial charge on any atom is -0.427 e. The zero-order valence-corrected chi connectivity index (χ0v) is 6.69. The highest BCUT2D eigenvalue weighted by molar-refractivity contribution is 5.63. The van der Waals surface area contributed by atoms with Crippen LogP contribution in [0.1, 0.15) is 6.92 Å². The molecule has 0 aliphatic rings. The van der Waals surface area contributed by atoms with Gasteiger partial charge in [-0.3, -0.25) is 0 Å². The molecule has 0 fully saturated rings. The van der Waals surface area contributed by atoms with Gasteiger partial charge in [-0.2, -0.15) is 0 Å². The van der Waals surface area contributed by atoms with E-state index in [1.165, 1.54) is 6.61 Å². The lowest BCUT2D eigenvalue weighted by atomic mass is 10.3. The molecule has 0 aliphatic heterocycles. The van der Waals surface area contributed by atoms with Gasteiger partial charge in [-0.25, -0.2) is 4.79 Å². The van der Waals surface area contributed by atoms with Gasteiger partial charge >= 0.3 is 6.16 Å². The molecule has 3 heteroatoms. The molecule has 0 N–H and O–H groups in total. The van der Waals surface area contributed by atoms with Crippen molar-refractivity contribution in [3.63, 3.8) is 0 Å². The molecule has 0 unspecified atom stereocenters. The molecular formula is C9H9O3. The zero-order chi connectivity index (χ0) is 8.81. The van der Waals surface area contributed by atoms with Crippen molar-refractivity contribution in [1.82, 2.24) is 0 Å². The van der Waals surface area contributed by atoms with Crippen molar-refractivity contribution in [2.24, 2.45) is 0 Å². The van der Waals surface area contributed by atoms with E-state index in [1.54, 1.807) is 31.2 Å². The number of carbonyl (C=O) groups is 1. The zero-order valence-electron chi connectivity index (χ0n) is 6.69. The summed E-state index contributed by atoms with van der Waals surface area (Å²) in [7, 11) is 0. The van der Waals surface area contributed by atoms with Crippen LogP contribution in [0.5, 0.6) is 5.75 Å². The fourth-order valence-corrected chi connectivity index (χ4v) is 0.705. The number of hydrogen-bond acceptors (Lipinski definition) is 3. The highest BCUT2D eigenvalue weighted by Gasteiger charge is 2.02. The molecule has 0 saturated heterocycles. The highest BCUT2D eigenvalue weighted by atomic mass is 16.7. The Hall–Kier alpha value is -1.51. The van der Waals surface area contributed by atoms with E-state index in [9.17, 15) is 4.79 Å². The van der Waals surface area contributed by atoms with Gasteiger partial charge in [0.1, 0.15) is 12.4 Å². The lowest BCUT2D eigenvalue weighted by Gasteiger charge is -2.01. The fraction of sp³-hybridized carbons (Fsp3) is 0.111. The Morgan fingerprint density at radius 2 is 2.00 bits per heavy atom. The van der Waals surface area contributed by atoms with E-state index in [0.29, 0.717) is 5.75 Å². The van der Waals surface area contributed by atoms with Crippen LogP contribution in [-0.2, 0) is 4.74 Å². The summed E-state index contributed by atoms with van der Waals surface area (Å²) >= 11 is 0. The monoisotopic (exact) mass is 165 g/mol. The number of benzene rings is 1. The number of rotatable bonds is 2. The SMILES string of the molecule is C[CH]OC(=O)Oc1ccccc1. The van der Waals surface area contributed by atoms with E-state index in [-0.39, 0.29) is 0 Å². The van der Waals surface area contributed by atoms with Gasteiger partial charge in [0.25, 0.3) is 0 Å². The van der Waals surface area contributed by atoms with Crippen LogP contribution in [-0.4, -0.2) is 6.16 Å². The molecule has 0 heterocycles. The molecule has 0 aromatic heterocycles. The van der Waals surface area contributed by atoms with Crippen molar-refractivity contribution in [2.75, 3.05) is 0 Å². The van der Waals surface area contributed by atoms with Crippen LogP contribution < -0.4 is 4.74 Å². The van der Waals surface area contributed by atoms with Crippen molar-refractivity contribution in [2.45, 2.75) is 6.92 Å². The van der Waals surface area contributed by atoms with Crippen LogP contribution in [0.3, 0.4) is 0 Å². The molecule has 0 amide bonds. The first-order valence-corrected chi connectivity index (χ1v) is 3.54. The molecule has 1 rings (SSSR count). The summed E-state index contributed by atoms with van der Waals surface area (Å²) in [6.45, 7) is 2.87. The third-order valence-electron chi connectivity index (χ3n) is 1.16. The summed E-state index contributed by atoms with van der Waals surface area (Å²) in [4.78, 5) is 10.7. The summed E-state index contributed by atoms with van der Waals surface area (Å²) in [5, 5.41) is 0. The molecule has 0 bridgehead atoms. The van der Waals surface area contributed by atoms with Gasteiger partial charge < -0.3 is 9.47 Å². The van der Waals surface area contributed by atoms with Crippen LogP contribution in [0.25, 0.3) is 0 Å². The molecule has 0 aliphatic carbocycles. The Labute approximate surface area is 70.9 Å². The van der Waals surface area contributed by atoms with E-state index in [0.717, 1.165) is 0 Å². The minimum atomic E-state index is -0.719. The maximum absolute atomic E-state index is 10.7. The van der Waals surface area contributed by atoms with Gasteiger partial charge in [-0.1, -0.05) is 18.2 Å². The quantitative estimate of drug-likeness (QED) is 0.498. The van der Waals surface area contributed by atoms with E-state index in [4.69, 9.17) is 4.74 Å². The third-order valence-corrected chi connectivity index (χ3v) is 1.16. The van der Waals surface area contributed by atoms with Gasteiger partial charge in [-0.05, 0) is 19.1 Å². The predicted octanol–water partition coefficient (Wildman–Crippen LogP) is 2.38. The lowest BCUT2D eigenvalue weighted by Crippen LogP contribution is -2.07. The van der Waals surface area contributed by atoms with E-state index in [2.05, 4.69) is 4.74 Å². The molecule has 12 heavy (non-hydrogen) atoms. The average Bonchev–Trinajstić information content (AvgIpc) is 2.06. The fourth-order valence-electron chi connectivity index (χ4n) is 0.705. The standard InChI is InChI=1S/C9H9O3/c1-2-11-9(10)12-8-6-4-3-5-7-8/h2-7H,1H3. The average molecular weight is 165 g/mol. The molecule has 3 nitrogen and oxygen atoms in total. The van der Waals surface area contributed by atoms with Gasteiger partial charge in [0.2, 0.25) is 0 Å². The summed E-state index contributed by atoms with van der Waals surface area (Å²) in [5.41, 5.74) is 0. The van der Waals surface area contributed by atoms with Crippen molar-refractivity contribution >= 4 is 6.16 Å². The third kappa shape index (κ3) is 2.62. The Bertz CT molecular complexity index is 243. The van der Waals surface area contributed by atoms with Gasteiger partial charge in [-0.15, -0.1) is 0 Å². The highest BCUT2D eigenvalue weighted by Crippen LogP contribution is 2.08. The second kappa shape index (κ2) is 4.38. The van der Waals surface area contributed by atoms with Crippen LogP contribution >= 0.6 is 0 Å². The van der Waals surface area contributed by atoms with Crippen LogP contribution in [0.2, 0.25) is 0 Å². The summed E-state index contributed by atoms with van der Waals surface area (Å²) < 4.78 is 9.22. The van der Waals surface area contributed by atoms with Gasteiger partial charge in [0.15, 0.2) is 0 Å². The van der Waals surface area contributed by atoms with E-state index < -0.39 is 6.16 Å². The first-order chi connectivity index (χ1) is 5.83. The molecule has 63 valence electrons. The molecule has 0 atom stereocenters. The molecular weight excluding hydrogens is 156 g/mol. The molecule has 1 aromatic carbocycles. The maximum Gasteiger partial charge on any atom is 0.514 e. The van der Waals surface area contributed by atoms with Gasteiger partial charge in [0, 0.05) is 0 Å². The van der Waals surface area contributed by atoms with Crippen LogP contribution in [0.4, 0.5) is 4.79 Å². The number of carbonyl (C=O) groups excluding carboxylic acids is 1. The molecule has 0 spiro atoms. The summed E-state index contributed by atoms with van der Waals surface area (Å²) in [6.07, 6.45) is -0.719. The summed E-state index contributed by atoms with van der Waals surface area (Å²) in [5.74, 6) is 0.476. The van der Waals surface area contributed by atoms with Crippen LogP contribution in [0.15, 0.2) is 30.3 Å². The van der Waals surface area contributed by atoms with Crippen molar-refractivity contribution < 1.29 is 14.3 Å². The number of hydrogen-bond donors (Lipinski definition) is 0. The Kier molecular flexibility index (Phi) is 3.14. The van der Waals surface area contributed by atoms with Crippen molar-refractivity contribution in [3.8, 4) is 5.75 Å². The predicted molar refractivity (Wildman–Crippen MR) is 43.5 cm³/mol. The molecule has 1 aromatic rings. The van der Waals surface area contributed by atoms with E-state index in [1.807, 2.05) is 6.07 Å². The Morgan fingerprint density at radius 3 is 2.58 bits per heavy atom. The summed E-state index contributed by atoms with van der Waals surface area (Å²) in [6, 6.07) is 8.74. The van der Waals surface area contributed by atoms with Crippen molar-refractivity contribution in [1.29, 1.82) is 0 Å². The minimum absolute atomic E-state index is 0.476. The topological polar surface area (TPSA) is 35.5 Å². The Balaban J connectivity index is 2.47. The maximum atomic E-state index is 10.7. The van der Waals surface area contributed by atoms with Crippen LogP contribution in [0, 0.1) is 6.61 Å². The number of para-hydroxylation sites is 1. The first-order valence-electron chi connectivity index (χ1n) is 3.54. The van der Waals surface area contributed by atoms with E-state index >= 15 is 0 Å². The second-order valence-corrected chi connectivity index (χ2v) is 2.02. The van der Waals surface area contributed by atoms with Crippen molar-refractivity contribution in [3.05, 3.63) is 36.9 Å². The molecule has 1 radical (unpaired) electrons. The first kappa shape index (κ1) is 8.59. The van der Waals surface area contributed by atoms with Gasteiger partial charge in [0.05, 0.1) is 0 Å². The largest absolute Gasteiger partial charge is 0.514 e. The smallest absolute Gasteiger partial charge is 0.427 e. The normalized spacial score (nSPS) is 9.08. The molecule has 0 saturated carbocycles. The lowest BCUT2D eigenvalue weighted by molar-refractivity contribution is 0.124. The Morgan fingerprint density at radius 1 is 1.33 bits per heavy atom. The number of ether oxygens (including phenoxy) is 2. The second-order valence-electron chi connectivity index (χ2n) is 2.02.